The Hall–Kier alpha value is -1.00. The molecular formula is C10H13F2NO. The second-order valence-corrected chi connectivity index (χ2v) is 2.90. The standard InChI is InChI=1S/C10H13F2NO/c1-13-4-5-14-7-8-2-3-9(11)10(12)6-8/h2-3,6,13H,4-5,7H2,1H3. The highest BCUT2D eigenvalue weighted by atomic mass is 19.2. The molecule has 0 aliphatic rings. The van der Waals surface area contributed by atoms with Crippen LogP contribution in [0.5, 0.6) is 0 Å². The van der Waals surface area contributed by atoms with Gasteiger partial charge < -0.3 is 10.1 Å². The van der Waals surface area contributed by atoms with Gasteiger partial charge in [0.1, 0.15) is 0 Å². The Labute approximate surface area is 81.9 Å². The third kappa shape index (κ3) is 3.40. The molecule has 0 heterocycles. The molecule has 0 atom stereocenters. The smallest absolute Gasteiger partial charge is 0.159 e. The van der Waals surface area contributed by atoms with Crippen LogP contribution >= 0.6 is 0 Å². The van der Waals surface area contributed by atoms with E-state index in [1.165, 1.54) is 6.07 Å². The SMILES string of the molecule is CNCCOCc1ccc(F)c(F)c1. The second-order valence-electron chi connectivity index (χ2n) is 2.90. The van der Waals surface area contributed by atoms with Crippen molar-refractivity contribution in [2.45, 2.75) is 6.61 Å². The first-order valence-electron chi connectivity index (χ1n) is 4.40. The second kappa shape index (κ2) is 5.67. The topological polar surface area (TPSA) is 21.3 Å². The fourth-order valence-corrected chi connectivity index (χ4v) is 0.994. The lowest BCUT2D eigenvalue weighted by molar-refractivity contribution is 0.123. The minimum absolute atomic E-state index is 0.304. The van der Waals surface area contributed by atoms with Gasteiger partial charge in [0.15, 0.2) is 11.6 Å². The number of halogens is 2. The molecule has 0 aromatic heterocycles. The summed E-state index contributed by atoms with van der Waals surface area (Å²) in [4.78, 5) is 0. The number of rotatable bonds is 5. The molecule has 1 aromatic rings. The van der Waals surface area contributed by atoms with Crippen molar-refractivity contribution in [3.8, 4) is 0 Å². The predicted molar refractivity (Wildman–Crippen MR) is 49.9 cm³/mol. The molecule has 0 unspecified atom stereocenters. The summed E-state index contributed by atoms with van der Waals surface area (Å²) in [6.07, 6.45) is 0. The van der Waals surface area contributed by atoms with E-state index >= 15 is 0 Å². The summed E-state index contributed by atoms with van der Waals surface area (Å²) in [5, 5.41) is 2.92. The van der Waals surface area contributed by atoms with Crippen LogP contribution in [0.3, 0.4) is 0 Å². The molecule has 1 aromatic carbocycles. The van der Waals surface area contributed by atoms with Crippen LogP contribution in [-0.4, -0.2) is 20.2 Å². The molecule has 0 bridgehead atoms. The Morgan fingerprint density at radius 1 is 1.29 bits per heavy atom. The molecule has 0 fully saturated rings. The fourth-order valence-electron chi connectivity index (χ4n) is 0.994. The van der Waals surface area contributed by atoms with Crippen LogP contribution in [0.2, 0.25) is 0 Å². The van der Waals surface area contributed by atoms with Crippen molar-refractivity contribution in [2.24, 2.45) is 0 Å². The molecule has 14 heavy (non-hydrogen) atoms. The molecule has 0 saturated carbocycles. The Morgan fingerprint density at radius 2 is 2.07 bits per heavy atom. The first kappa shape index (κ1) is 11.1. The van der Waals surface area contributed by atoms with E-state index < -0.39 is 11.6 Å². The highest BCUT2D eigenvalue weighted by molar-refractivity contribution is 5.16. The van der Waals surface area contributed by atoms with Gasteiger partial charge in [0, 0.05) is 6.54 Å². The molecular weight excluding hydrogens is 188 g/mol. The van der Waals surface area contributed by atoms with Crippen molar-refractivity contribution in [3.05, 3.63) is 35.4 Å². The van der Waals surface area contributed by atoms with Gasteiger partial charge in [-0.2, -0.15) is 0 Å². The summed E-state index contributed by atoms with van der Waals surface area (Å²) >= 11 is 0. The van der Waals surface area contributed by atoms with Crippen molar-refractivity contribution in [3.63, 3.8) is 0 Å². The highest BCUT2D eigenvalue weighted by Gasteiger charge is 2.01. The van der Waals surface area contributed by atoms with E-state index in [1.54, 1.807) is 0 Å². The molecule has 0 aliphatic carbocycles. The highest BCUT2D eigenvalue weighted by Crippen LogP contribution is 2.09. The molecule has 2 nitrogen and oxygen atoms in total. The maximum Gasteiger partial charge on any atom is 0.159 e. The van der Waals surface area contributed by atoms with Gasteiger partial charge in [-0.1, -0.05) is 6.07 Å². The lowest BCUT2D eigenvalue weighted by atomic mass is 10.2. The van der Waals surface area contributed by atoms with Crippen molar-refractivity contribution >= 4 is 0 Å². The van der Waals surface area contributed by atoms with Gasteiger partial charge in [-0.05, 0) is 24.7 Å². The first-order valence-corrected chi connectivity index (χ1v) is 4.40. The van der Waals surface area contributed by atoms with Crippen molar-refractivity contribution in [2.75, 3.05) is 20.2 Å². The van der Waals surface area contributed by atoms with E-state index in [0.717, 1.165) is 18.7 Å². The van der Waals surface area contributed by atoms with E-state index in [9.17, 15) is 8.78 Å². The Kier molecular flexibility index (Phi) is 4.49. The third-order valence-corrected chi connectivity index (χ3v) is 1.75. The molecule has 0 amide bonds. The number of hydrogen-bond donors (Lipinski definition) is 1. The molecule has 0 aliphatic heterocycles. The van der Waals surface area contributed by atoms with Gasteiger partial charge in [0.05, 0.1) is 13.2 Å². The molecule has 1 rings (SSSR count). The summed E-state index contributed by atoms with van der Waals surface area (Å²) in [6.45, 7) is 1.60. The molecule has 4 heteroatoms. The summed E-state index contributed by atoms with van der Waals surface area (Å²) in [6, 6.07) is 3.76. The van der Waals surface area contributed by atoms with Gasteiger partial charge in [-0.25, -0.2) is 8.78 Å². The summed E-state index contributed by atoms with van der Waals surface area (Å²) in [5.41, 5.74) is 0.639. The van der Waals surface area contributed by atoms with E-state index in [1.807, 2.05) is 7.05 Å². The van der Waals surface area contributed by atoms with Crippen LogP contribution in [0.15, 0.2) is 18.2 Å². The Bertz CT molecular complexity index is 291. The third-order valence-electron chi connectivity index (χ3n) is 1.75. The van der Waals surface area contributed by atoms with Gasteiger partial charge in [-0.15, -0.1) is 0 Å². The summed E-state index contributed by atoms with van der Waals surface area (Å²) < 4.78 is 30.4. The van der Waals surface area contributed by atoms with Crippen molar-refractivity contribution in [1.82, 2.24) is 5.32 Å². The zero-order chi connectivity index (χ0) is 10.4. The van der Waals surface area contributed by atoms with Gasteiger partial charge in [-0.3, -0.25) is 0 Å². The molecule has 0 radical (unpaired) electrons. The fraction of sp³-hybridized carbons (Fsp3) is 0.400. The van der Waals surface area contributed by atoms with Gasteiger partial charge >= 0.3 is 0 Å². The number of hydrogen-bond acceptors (Lipinski definition) is 2. The average Bonchev–Trinajstić information content (AvgIpc) is 2.18. The Morgan fingerprint density at radius 3 is 2.71 bits per heavy atom. The van der Waals surface area contributed by atoms with E-state index in [4.69, 9.17) is 4.74 Å². The zero-order valence-corrected chi connectivity index (χ0v) is 8.02. The maximum atomic E-state index is 12.7. The average molecular weight is 201 g/mol. The van der Waals surface area contributed by atoms with Crippen LogP contribution < -0.4 is 5.32 Å². The lowest BCUT2D eigenvalue weighted by Crippen LogP contribution is -2.14. The minimum Gasteiger partial charge on any atom is -0.375 e. The molecule has 78 valence electrons. The first-order chi connectivity index (χ1) is 6.74. The monoisotopic (exact) mass is 201 g/mol. The largest absolute Gasteiger partial charge is 0.375 e. The summed E-state index contributed by atoms with van der Waals surface area (Å²) in [5.74, 6) is -1.66. The van der Waals surface area contributed by atoms with E-state index in [-0.39, 0.29) is 0 Å². The van der Waals surface area contributed by atoms with Crippen LogP contribution in [-0.2, 0) is 11.3 Å². The number of ether oxygens (including phenoxy) is 1. The van der Waals surface area contributed by atoms with Gasteiger partial charge in [0.2, 0.25) is 0 Å². The summed E-state index contributed by atoms with van der Waals surface area (Å²) in [7, 11) is 1.82. The van der Waals surface area contributed by atoms with E-state index in [2.05, 4.69) is 5.32 Å². The Balaban J connectivity index is 2.39. The van der Waals surface area contributed by atoms with Gasteiger partial charge in [0.25, 0.3) is 0 Å². The normalized spacial score (nSPS) is 10.5. The van der Waals surface area contributed by atoms with Crippen LogP contribution in [0.4, 0.5) is 8.78 Å². The number of nitrogens with one attached hydrogen (secondary N) is 1. The molecule has 0 saturated heterocycles. The number of benzene rings is 1. The molecule has 1 N–H and O–H groups in total. The van der Waals surface area contributed by atoms with Crippen LogP contribution in [0, 0.1) is 11.6 Å². The number of likely N-dealkylation sites (N-methyl/N-ethyl adjacent to an activating group) is 1. The van der Waals surface area contributed by atoms with Crippen LogP contribution in [0.1, 0.15) is 5.56 Å². The zero-order valence-electron chi connectivity index (χ0n) is 8.02. The van der Waals surface area contributed by atoms with E-state index in [0.29, 0.717) is 18.8 Å². The maximum absolute atomic E-state index is 12.7. The van der Waals surface area contributed by atoms with Crippen molar-refractivity contribution in [1.29, 1.82) is 0 Å². The van der Waals surface area contributed by atoms with Crippen LogP contribution in [0.25, 0.3) is 0 Å². The minimum atomic E-state index is -0.834. The predicted octanol–water partition coefficient (Wildman–Crippen LogP) is 1.70. The lowest BCUT2D eigenvalue weighted by Gasteiger charge is -2.04. The molecule has 0 spiro atoms. The quantitative estimate of drug-likeness (QED) is 0.732. The van der Waals surface area contributed by atoms with Crippen molar-refractivity contribution < 1.29 is 13.5 Å².